The van der Waals surface area contributed by atoms with Crippen molar-refractivity contribution in [3.05, 3.63) is 64.4 Å². The molecule has 4 heteroatoms. The van der Waals surface area contributed by atoms with Crippen molar-refractivity contribution < 1.29 is 0 Å². The predicted octanol–water partition coefficient (Wildman–Crippen LogP) is 5.35. The van der Waals surface area contributed by atoms with Crippen molar-refractivity contribution >= 4 is 34.2 Å². The van der Waals surface area contributed by atoms with Crippen LogP contribution in [0.4, 0.5) is 0 Å². The maximum absolute atomic E-state index is 6.30. The molecule has 0 amide bonds. The van der Waals surface area contributed by atoms with E-state index in [-0.39, 0.29) is 5.38 Å². The van der Waals surface area contributed by atoms with E-state index in [1.165, 1.54) is 11.1 Å². The van der Waals surface area contributed by atoms with E-state index in [4.69, 9.17) is 23.2 Å². The zero-order chi connectivity index (χ0) is 15.0. The maximum atomic E-state index is 6.30. The summed E-state index contributed by atoms with van der Waals surface area (Å²) < 4.78 is 2.15. The minimum atomic E-state index is -0.168. The van der Waals surface area contributed by atoms with Crippen LogP contribution in [-0.2, 0) is 6.54 Å². The Morgan fingerprint density at radius 2 is 1.95 bits per heavy atom. The molecule has 0 aliphatic rings. The van der Waals surface area contributed by atoms with Crippen LogP contribution in [0, 0.1) is 6.92 Å². The summed E-state index contributed by atoms with van der Waals surface area (Å²) in [5.74, 6) is 0.848. The molecule has 1 aromatic heterocycles. The third-order valence-electron chi connectivity index (χ3n) is 3.54. The van der Waals surface area contributed by atoms with Crippen LogP contribution in [0.2, 0.25) is 5.02 Å². The van der Waals surface area contributed by atoms with E-state index in [2.05, 4.69) is 40.7 Å². The van der Waals surface area contributed by atoms with E-state index >= 15 is 0 Å². The molecule has 3 aromatic rings. The first-order chi connectivity index (χ1) is 10.1. The second-order valence-electron chi connectivity index (χ2n) is 5.27. The summed E-state index contributed by atoms with van der Waals surface area (Å²) in [6, 6.07) is 14.3. The molecule has 3 rings (SSSR count). The normalized spacial score (nSPS) is 12.8. The fourth-order valence-corrected chi connectivity index (χ4v) is 2.97. The molecule has 0 N–H and O–H groups in total. The minimum Gasteiger partial charge on any atom is -0.322 e. The van der Waals surface area contributed by atoms with Crippen molar-refractivity contribution in [2.75, 3.05) is 0 Å². The molecule has 0 saturated carbocycles. The Kier molecular flexibility index (Phi) is 3.92. The van der Waals surface area contributed by atoms with Crippen LogP contribution in [-0.4, -0.2) is 9.55 Å². The zero-order valence-electron chi connectivity index (χ0n) is 12.0. The Labute approximate surface area is 134 Å². The molecular weight excluding hydrogens is 303 g/mol. The number of nitrogens with zero attached hydrogens (tertiary/aromatic N) is 2. The zero-order valence-corrected chi connectivity index (χ0v) is 13.5. The lowest BCUT2D eigenvalue weighted by atomic mass is 10.1. The number of aromatic nitrogens is 2. The van der Waals surface area contributed by atoms with E-state index in [1.54, 1.807) is 0 Å². The van der Waals surface area contributed by atoms with E-state index in [0.717, 1.165) is 23.4 Å². The number of rotatable bonds is 3. The van der Waals surface area contributed by atoms with Gasteiger partial charge in [-0.25, -0.2) is 4.98 Å². The second-order valence-corrected chi connectivity index (χ2v) is 6.33. The summed E-state index contributed by atoms with van der Waals surface area (Å²) in [7, 11) is 0. The van der Waals surface area contributed by atoms with E-state index in [1.807, 2.05) is 25.1 Å². The summed E-state index contributed by atoms with van der Waals surface area (Å²) in [6.07, 6.45) is 0. The van der Waals surface area contributed by atoms with Crippen LogP contribution in [0.15, 0.2) is 42.5 Å². The monoisotopic (exact) mass is 318 g/mol. The van der Waals surface area contributed by atoms with Gasteiger partial charge in [-0.15, -0.1) is 11.6 Å². The highest BCUT2D eigenvalue weighted by molar-refractivity contribution is 6.35. The number of fused-ring (bicyclic) bond motifs is 1. The second kappa shape index (κ2) is 5.70. The van der Waals surface area contributed by atoms with Crippen LogP contribution < -0.4 is 0 Å². The van der Waals surface area contributed by atoms with Crippen molar-refractivity contribution in [1.29, 1.82) is 0 Å². The number of alkyl halides is 1. The standard InChI is InChI=1S/C17H16Cl2N2/c1-11-5-3-6-13(9-11)10-21-15-8-4-7-14(19)16(15)20-17(21)12(2)18/h3-9,12H,10H2,1-2H3. The van der Waals surface area contributed by atoms with Gasteiger partial charge in [0.05, 0.1) is 15.9 Å². The highest BCUT2D eigenvalue weighted by atomic mass is 35.5. The summed E-state index contributed by atoms with van der Waals surface area (Å²) in [6.45, 7) is 4.77. The van der Waals surface area contributed by atoms with E-state index < -0.39 is 0 Å². The van der Waals surface area contributed by atoms with Crippen molar-refractivity contribution in [3.63, 3.8) is 0 Å². The molecule has 1 heterocycles. The molecule has 1 atom stereocenters. The molecule has 0 radical (unpaired) electrons. The molecule has 0 bridgehead atoms. The Morgan fingerprint density at radius 1 is 1.19 bits per heavy atom. The van der Waals surface area contributed by atoms with E-state index in [0.29, 0.717) is 5.02 Å². The van der Waals surface area contributed by atoms with Gasteiger partial charge >= 0.3 is 0 Å². The highest BCUT2D eigenvalue weighted by Crippen LogP contribution is 2.29. The van der Waals surface area contributed by atoms with Crippen LogP contribution >= 0.6 is 23.2 Å². The van der Waals surface area contributed by atoms with Gasteiger partial charge in [-0.05, 0) is 31.5 Å². The van der Waals surface area contributed by atoms with Crippen LogP contribution in [0.1, 0.15) is 29.3 Å². The molecule has 0 fully saturated rings. The topological polar surface area (TPSA) is 17.8 Å². The van der Waals surface area contributed by atoms with Gasteiger partial charge in [-0.2, -0.15) is 0 Å². The fourth-order valence-electron chi connectivity index (χ4n) is 2.59. The van der Waals surface area contributed by atoms with Gasteiger partial charge in [-0.3, -0.25) is 0 Å². The van der Waals surface area contributed by atoms with Gasteiger partial charge < -0.3 is 4.57 Å². The number of halogens is 2. The number of para-hydroxylation sites is 1. The first-order valence-electron chi connectivity index (χ1n) is 6.90. The SMILES string of the molecule is Cc1cccc(Cn2c(C(C)Cl)nc3c(Cl)cccc32)c1. The maximum Gasteiger partial charge on any atom is 0.128 e. The Hall–Kier alpha value is -1.51. The molecule has 2 aromatic carbocycles. The first kappa shape index (κ1) is 14.4. The van der Waals surface area contributed by atoms with Gasteiger partial charge in [0.25, 0.3) is 0 Å². The number of benzene rings is 2. The van der Waals surface area contributed by atoms with Gasteiger partial charge in [0.15, 0.2) is 0 Å². The molecule has 21 heavy (non-hydrogen) atoms. The molecule has 0 spiro atoms. The lowest BCUT2D eigenvalue weighted by Gasteiger charge is -2.11. The van der Waals surface area contributed by atoms with Gasteiger partial charge in [0.1, 0.15) is 11.3 Å². The fraction of sp³-hybridized carbons (Fsp3) is 0.235. The summed E-state index contributed by atoms with van der Waals surface area (Å²) in [4.78, 5) is 4.63. The lowest BCUT2D eigenvalue weighted by Crippen LogP contribution is -2.05. The third kappa shape index (κ3) is 2.78. The largest absolute Gasteiger partial charge is 0.322 e. The smallest absolute Gasteiger partial charge is 0.128 e. The summed E-state index contributed by atoms with van der Waals surface area (Å²) in [5, 5.41) is 0.493. The van der Waals surface area contributed by atoms with E-state index in [9.17, 15) is 0 Å². The van der Waals surface area contributed by atoms with Crippen molar-refractivity contribution in [3.8, 4) is 0 Å². The van der Waals surface area contributed by atoms with Crippen molar-refractivity contribution in [1.82, 2.24) is 9.55 Å². The number of imidazole rings is 1. The van der Waals surface area contributed by atoms with Crippen molar-refractivity contribution in [2.24, 2.45) is 0 Å². The molecule has 0 aliphatic heterocycles. The first-order valence-corrected chi connectivity index (χ1v) is 7.72. The molecule has 108 valence electrons. The number of hydrogen-bond acceptors (Lipinski definition) is 1. The van der Waals surface area contributed by atoms with Crippen LogP contribution in [0.5, 0.6) is 0 Å². The average Bonchev–Trinajstić information content (AvgIpc) is 2.80. The number of aryl methyl sites for hydroxylation is 1. The Morgan fingerprint density at radius 3 is 2.67 bits per heavy atom. The third-order valence-corrected chi connectivity index (χ3v) is 4.04. The van der Waals surface area contributed by atoms with Crippen LogP contribution in [0.3, 0.4) is 0 Å². The quantitative estimate of drug-likeness (QED) is 0.595. The Balaban J connectivity index is 2.16. The summed E-state index contributed by atoms with van der Waals surface area (Å²) in [5.41, 5.74) is 4.31. The minimum absolute atomic E-state index is 0.168. The molecule has 0 saturated heterocycles. The Bertz CT molecular complexity index is 791. The molecular formula is C17H16Cl2N2. The van der Waals surface area contributed by atoms with Gasteiger partial charge in [0.2, 0.25) is 0 Å². The van der Waals surface area contributed by atoms with Crippen LogP contribution in [0.25, 0.3) is 11.0 Å². The van der Waals surface area contributed by atoms with Gasteiger partial charge in [-0.1, -0.05) is 47.5 Å². The number of hydrogen-bond donors (Lipinski definition) is 0. The highest BCUT2D eigenvalue weighted by Gasteiger charge is 2.16. The summed E-state index contributed by atoms with van der Waals surface area (Å²) >= 11 is 12.6. The predicted molar refractivity (Wildman–Crippen MR) is 89.3 cm³/mol. The lowest BCUT2D eigenvalue weighted by molar-refractivity contribution is 0.742. The van der Waals surface area contributed by atoms with Crippen molar-refractivity contribution in [2.45, 2.75) is 25.8 Å². The molecule has 2 nitrogen and oxygen atoms in total. The molecule has 1 unspecified atom stereocenters. The molecule has 0 aliphatic carbocycles. The van der Waals surface area contributed by atoms with Gasteiger partial charge in [0, 0.05) is 6.54 Å². The average molecular weight is 319 g/mol.